The summed E-state index contributed by atoms with van der Waals surface area (Å²) < 4.78 is 28.3. The van der Waals surface area contributed by atoms with Gasteiger partial charge < -0.3 is 0 Å². The van der Waals surface area contributed by atoms with Crippen LogP contribution >= 0.6 is 0 Å². The second-order valence-electron chi connectivity index (χ2n) is 10.7. The van der Waals surface area contributed by atoms with E-state index in [9.17, 15) is 0 Å². The Bertz CT molecular complexity index is 1410. The molecular weight excluding hydrogens is 651 g/mol. The summed E-state index contributed by atoms with van der Waals surface area (Å²) in [6.45, 7) is 6.73. The second kappa shape index (κ2) is 6.41. The van der Waals surface area contributed by atoms with Crippen molar-refractivity contribution in [2.75, 3.05) is 26.4 Å². The van der Waals surface area contributed by atoms with Crippen molar-refractivity contribution in [3.8, 4) is 0 Å². The molecule has 2 aromatic carbocycles. The van der Waals surface area contributed by atoms with E-state index in [1.54, 1.807) is 0 Å². The molecule has 4 unspecified atom stereocenters. The summed E-state index contributed by atoms with van der Waals surface area (Å²) >= 11 is -0.692. The molecule has 8 aliphatic rings. The fourth-order valence-corrected chi connectivity index (χ4v) is 10.7. The zero-order valence-corrected chi connectivity index (χ0v) is 22.5. The molecule has 0 saturated carbocycles. The van der Waals surface area contributed by atoms with Crippen LogP contribution in [0.4, 0.5) is 0 Å². The Balaban J connectivity index is 1.34. The number of benzene rings is 2. The minimum absolute atomic E-state index is 0.0689. The summed E-state index contributed by atoms with van der Waals surface area (Å²) in [5, 5.41) is 0. The average Bonchev–Trinajstić information content (AvgIpc) is 3.68. The van der Waals surface area contributed by atoms with Crippen molar-refractivity contribution in [2.45, 2.75) is 38.0 Å². The fourth-order valence-electron chi connectivity index (χ4n) is 6.84. The van der Waals surface area contributed by atoms with Gasteiger partial charge in [0.2, 0.25) is 0 Å². The standard InChI is InChI=1S/C28H22N4O4.Pt/c1-15-3-17-7-18(4-15)22-10-34-26-28-32(14-30(22)26)24(12-36-28)20-6-16(2)5-19(8-20)23-11-35-27-25-29(13-31(23)27)21(17)9-33-25;/h3-6,21-24H,9-12H2,1-2H3;/q-2;. The van der Waals surface area contributed by atoms with E-state index in [1.807, 2.05) is 0 Å². The van der Waals surface area contributed by atoms with Gasteiger partial charge in [0.1, 0.15) is 0 Å². The van der Waals surface area contributed by atoms with Crippen molar-refractivity contribution in [2.24, 2.45) is 0 Å². The van der Waals surface area contributed by atoms with Gasteiger partial charge in [-0.25, -0.2) is 0 Å². The molecule has 0 aliphatic carbocycles. The number of hydrogen-bond acceptors (Lipinski definition) is 8. The van der Waals surface area contributed by atoms with Gasteiger partial charge in [-0.05, 0) is 0 Å². The Morgan fingerprint density at radius 2 is 0.865 bits per heavy atom. The first kappa shape index (κ1) is 19.8. The third-order valence-electron chi connectivity index (χ3n) is 8.42. The van der Waals surface area contributed by atoms with Crippen LogP contribution in [-0.4, -0.2) is 54.3 Å². The van der Waals surface area contributed by atoms with E-state index in [1.165, 1.54) is 41.7 Å². The zero-order chi connectivity index (χ0) is 24.2. The van der Waals surface area contributed by atoms with E-state index in [0.717, 1.165) is 23.5 Å². The number of nitrogens with zero attached hydrogens (tertiary/aromatic N) is 4. The Hall–Kier alpha value is -3.25. The van der Waals surface area contributed by atoms with Crippen LogP contribution in [0.1, 0.15) is 57.5 Å². The number of aryl methyl sites for hydroxylation is 2. The van der Waals surface area contributed by atoms with E-state index in [4.69, 9.17) is 18.9 Å². The first-order valence-corrected chi connectivity index (χ1v) is 15.0. The van der Waals surface area contributed by atoms with Crippen molar-refractivity contribution >= 4 is 8.29 Å². The van der Waals surface area contributed by atoms with Gasteiger partial charge in [-0.15, -0.1) is 0 Å². The summed E-state index contributed by atoms with van der Waals surface area (Å²) in [4.78, 5) is 9.65. The van der Waals surface area contributed by atoms with Gasteiger partial charge in [0, 0.05) is 0 Å². The summed E-state index contributed by atoms with van der Waals surface area (Å²) in [6.07, 6.45) is 0. The van der Waals surface area contributed by atoms with Crippen LogP contribution in [-0.2, 0) is 36.6 Å². The third kappa shape index (κ3) is 2.27. The molecule has 8 aliphatic heterocycles. The van der Waals surface area contributed by atoms with Crippen LogP contribution in [0.5, 0.6) is 0 Å². The molecule has 10 rings (SSSR count). The molecule has 0 N–H and O–H groups in total. The van der Waals surface area contributed by atoms with E-state index >= 15 is 0 Å². The Labute approximate surface area is 221 Å². The Morgan fingerprint density at radius 1 is 0.568 bits per heavy atom. The minimum atomic E-state index is -0.692. The predicted molar refractivity (Wildman–Crippen MR) is 126 cm³/mol. The molecule has 37 heavy (non-hydrogen) atoms. The molecule has 0 aromatic heterocycles. The number of ether oxygens (including phenoxy) is 4. The third-order valence-corrected chi connectivity index (χ3v) is 11.6. The molecule has 4 atom stereocenters. The maximum atomic E-state index is 6.42. The van der Waals surface area contributed by atoms with Crippen LogP contribution in [0.15, 0.2) is 47.8 Å². The molecule has 2 aromatic rings. The number of rotatable bonds is 0. The molecule has 6 bridgehead atoms. The van der Waals surface area contributed by atoms with Gasteiger partial charge in [0.05, 0.1) is 0 Å². The summed E-state index contributed by atoms with van der Waals surface area (Å²) in [5.74, 6) is 3.40. The quantitative estimate of drug-likeness (QED) is 0.397. The van der Waals surface area contributed by atoms with Gasteiger partial charge in [-0.1, -0.05) is 0 Å². The SMILES string of the molecule is Cc1cc2[c-]c(c1)C1COC3=C4OCC5c6[c-]c(cc(C)c6)C6COC7=C8OCC2N8[C](=[Pt]=[C](N31)N45)N76. The van der Waals surface area contributed by atoms with E-state index < -0.39 is 17.6 Å². The average molecular weight is 674 g/mol. The molecule has 0 amide bonds. The molecule has 4 saturated heterocycles. The monoisotopic (exact) mass is 673 g/mol. The maximum absolute atomic E-state index is 6.42. The van der Waals surface area contributed by atoms with Gasteiger partial charge >= 0.3 is 222 Å². The van der Waals surface area contributed by atoms with E-state index in [0.29, 0.717) is 26.4 Å². The summed E-state index contributed by atoms with van der Waals surface area (Å²) in [7, 11) is 0. The van der Waals surface area contributed by atoms with Crippen LogP contribution < -0.4 is 0 Å². The van der Waals surface area contributed by atoms with Crippen molar-refractivity contribution in [3.63, 3.8) is 0 Å². The number of hydrogen-bond donors (Lipinski definition) is 0. The zero-order valence-electron chi connectivity index (χ0n) is 20.2. The number of fused-ring (bicyclic) bond motifs is 8. The molecular formula is C28H22N4O4Pt-2. The van der Waals surface area contributed by atoms with E-state index in [2.05, 4.69) is 69.8 Å². The molecule has 8 nitrogen and oxygen atoms in total. The second-order valence-corrected chi connectivity index (χ2v) is 13.3. The first-order valence-electron chi connectivity index (χ1n) is 12.7. The fraction of sp³-hybridized carbons (Fsp3) is 0.357. The molecule has 0 spiro atoms. The van der Waals surface area contributed by atoms with Gasteiger partial charge in [-0.2, -0.15) is 0 Å². The normalized spacial score (nSPS) is 31.0. The molecule has 4 fully saturated rings. The van der Waals surface area contributed by atoms with Gasteiger partial charge in [0.25, 0.3) is 0 Å². The summed E-state index contributed by atoms with van der Waals surface area (Å²) in [6, 6.07) is 16.9. The molecule has 9 heteroatoms. The van der Waals surface area contributed by atoms with Crippen LogP contribution in [0, 0.1) is 26.0 Å². The first-order chi connectivity index (χ1) is 18.1. The predicted octanol–water partition coefficient (Wildman–Crippen LogP) is 2.66. The summed E-state index contributed by atoms with van der Waals surface area (Å²) in [5.41, 5.74) is 7.13. The molecule has 8 heterocycles. The van der Waals surface area contributed by atoms with Crippen molar-refractivity contribution in [3.05, 3.63) is 93.3 Å². The van der Waals surface area contributed by atoms with Crippen LogP contribution in [0.3, 0.4) is 0 Å². The Kier molecular flexibility index (Phi) is 3.43. The van der Waals surface area contributed by atoms with Crippen LogP contribution in [0.2, 0.25) is 0 Å². The van der Waals surface area contributed by atoms with Crippen LogP contribution in [0.25, 0.3) is 0 Å². The van der Waals surface area contributed by atoms with Crippen molar-refractivity contribution in [1.29, 1.82) is 0 Å². The molecule has 190 valence electrons. The van der Waals surface area contributed by atoms with E-state index in [-0.39, 0.29) is 24.2 Å². The van der Waals surface area contributed by atoms with Gasteiger partial charge in [0.15, 0.2) is 0 Å². The Morgan fingerprint density at radius 3 is 1.16 bits per heavy atom. The van der Waals surface area contributed by atoms with Crippen molar-refractivity contribution in [1.82, 2.24) is 19.6 Å². The van der Waals surface area contributed by atoms with Gasteiger partial charge in [-0.3, -0.25) is 0 Å². The molecule has 0 radical (unpaired) electrons. The van der Waals surface area contributed by atoms with Crippen molar-refractivity contribution < 1.29 is 36.6 Å². The topological polar surface area (TPSA) is 49.9 Å².